The first-order valence-corrected chi connectivity index (χ1v) is 7.25. The van der Waals surface area contributed by atoms with Crippen LogP contribution in [0.5, 0.6) is 0 Å². The molecule has 2 rings (SSSR count). The molecule has 0 aliphatic heterocycles. The second-order valence-electron chi connectivity index (χ2n) is 3.16. The molecule has 0 atom stereocenters. The van der Waals surface area contributed by atoms with Crippen LogP contribution in [0.15, 0.2) is 22.7 Å². The van der Waals surface area contributed by atoms with Crippen molar-refractivity contribution in [3.8, 4) is 0 Å². The summed E-state index contributed by atoms with van der Waals surface area (Å²) in [5.74, 6) is 0. The smallest absolute Gasteiger partial charge is 0.0401 e. The Balaban J connectivity index is 2.68. The third kappa shape index (κ3) is 1.77. The highest BCUT2D eigenvalue weighted by Gasteiger charge is 2.08. The van der Waals surface area contributed by atoms with E-state index in [9.17, 15) is 0 Å². The van der Waals surface area contributed by atoms with Crippen molar-refractivity contribution in [2.45, 2.75) is 18.7 Å². The molecule has 0 saturated heterocycles. The Bertz CT molecular complexity index is 460. The highest BCUT2D eigenvalue weighted by atomic mass is 79.9. The zero-order valence-corrected chi connectivity index (χ0v) is 11.8. The van der Waals surface area contributed by atoms with Gasteiger partial charge in [-0.15, -0.1) is 11.3 Å². The van der Waals surface area contributed by atoms with E-state index in [0.29, 0.717) is 0 Å². The molecule has 74 valence electrons. The van der Waals surface area contributed by atoms with Gasteiger partial charge in [-0.25, -0.2) is 0 Å². The molecule has 0 amide bonds. The van der Waals surface area contributed by atoms with Crippen LogP contribution in [0.1, 0.15) is 17.4 Å². The summed E-state index contributed by atoms with van der Waals surface area (Å²) in [5, 5.41) is 2.28. The van der Waals surface area contributed by atoms with E-state index in [-0.39, 0.29) is 0 Å². The molecule has 0 N–H and O–H groups in total. The molecular weight excluding hydrogens is 324 g/mol. The fraction of sp³-hybridized carbons (Fsp3) is 0.273. The lowest BCUT2D eigenvalue weighted by molar-refractivity contribution is 1.15. The maximum atomic E-state index is 3.66. The van der Waals surface area contributed by atoms with E-state index >= 15 is 0 Å². The van der Waals surface area contributed by atoms with E-state index in [4.69, 9.17) is 0 Å². The number of alkyl halides is 1. The largest absolute Gasteiger partial charge is 0.138 e. The van der Waals surface area contributed by atoms with Gasteiger partial charge in [-0.3, -0.25) is 0 Å². The number of benzene rings is 1. The molecular formula is C11H10Br2S. The van der Waals surface area contributed by atoms with Gasteiger partial charge in [0, 0.05) is 24.8 Å². The average Bonchev–Trinajstić information content (AvgIpc) is 2.55. The lowest BCUT2D eigenvalue weighted by atomic mass is 10.1. The summed E-state index contributed by atoms with van der Waals surface area (Å²) in [6.07, 6.45) is 1.10. The predicted molar refractivity (Wildman–Crippen MR) is 71.5 cm³/mol. The Morgan fingerprint density at radius 3 is 2.79 bits per heavy atom. The summed E-state index contributed by atoms with van der Waals surface area (Å²) in [6, 6.07) is 6.71. The van der Waals surface area contributed by atoms with Gasteiger partial charge in [-0.2, -0.15) is 0 Å². The first-order chi connectivity index (χ1) is 6.76. The van der Waals surface area contributed by atoms with Gasteiger partial charge in [0.05, 0.1) is 0 Å². The molecule has 2 aromatic rings. The molecule has 14 heavy (non-hydrogen) atoms. The number of aryl methyl sites for hydroxylation is 1. The average molecular weight is 334 g/mol. The first-order valence-electron chi connectivity index (χ1n) is 4.52. The molecule has 0 aliphatic rings. The molecule has 0 bridgehead atoms. The Morgan fingerprint density at radius 1 is 1.36 bits per heavy atom. The van der Waals surface area contributed by atoms with Gasteiger partial charge in [-0.05, 0) is 40.0 Å². The molecule has 0 fully saturated rings. The van der Waals surface area contributed by atoms with Crippen LogP contribution < -0.4 is 0 Å². The fourth-order valence-corrected chi connectivity index (χ4v) is 4.24. The van der Waals surface area contributed by atoms with Crippen molar-refractivity contribution >= 4 is 53.3 Å². The van der Waals surface area contributed by atoms with E-state index in [0.717, 1.165) is 11.8 Å². The van der Waals surface area contributed by atoms with Crippen LogP contribution >= 0.6 is 43.2 Å². The topological polar surface area (TPSA) is 0 Å². The molecule has 1 heterocycles. The second kappa shape index (κ2) is 4.33. The number of hydrogen-bond donors (Lipinski definition) is 0. The number of thiophene rings is 1. The van der Waals surface area contributed by atoms with E-state index in [1.807, 2.05) is 11.3 Å². The predicted octanol–water partition coefficient (Wildman–Crippen LogP) is 5.12. The SMILES string of the molecule is CCc1ccc2sc(CBr)c(Br)c2c1. The van der Waals surface area contributed by atoms with Gasteiger partial charge in [0.2, 0.25) is 0 Å². The van der Waals surface area contributed by atoms with Crippen molar-refractivity contribution in [2.24, 2.45) is 0 Å². The Morgan fingerprint density at radius 2 is 2.14 bits per heavy atom. The zero-order chi connectivity index (χ0) is 10.1. The van der Waals surface area contributed by atoms with Crippen LogP contribution in [0.2, 0.25) is 0 Å². The van der Waals surface area contributed by atoms with E-state index in [1.54, 1.807) is 0 Å². The standard InChI is InChI=1S/C11H10Br2S/c1-2-7-3-4-9-8(5-7)11(13)10(6-12)14-9/h3-5H,2,6H2,1H3. The number of hydrogen-bond acceptors (Lipinski definition) is 1. The molecule has 3 heteroatoms. The van der Waals surface area contributed by atoms with Crippen molar-refractivity contribution in [1.82, 2.24) is 0 Å². The Kier molecular flexibility index (Phi) is 3.30. The summed E-state index contributed by atoms with van der Waals surface area (Å²) < 4.78 is 2.62. The molecule has 1 aromatic carbocycles. The van der Waals surface area contributed by atoms with Crippen LogP contribution in [-0.2, 0) is 11.8 Å². The van der Waals surface area contributed by atoms with E-state index in [2.05, 4.69) is 57.0 Å². The van der Waals surface area contributed by atoms with Crippen LogP contribution in [-0.4, -0.2) is 0 Å². The minimum atomic E-state index is 0.925. The van der Waals surface area contributed by atoms with Crippen molar-refractivity contribution < 1.29 is 0 Å². The number of fused-ring (bicyclic) bond motifs is 1. The Labute approximate surface area is 105 Å². The maximum absolute atomic E-state index is 3.66. The van der Waals surface area contributed by atoms with Gasteiger partial charge in [-0.1, -0.05) is 28.9 Å². The second-order valence-corrected chi connectivity index (χ2v) is 5.65. The molecule has 0 radical (unpaired) electrons. The monoisotopic (exact) mass is 332 g/mol. The van der Waals surface area contributed by atoms with Crippen LogP contribution in [0.4, 0.5) is 0 Å². The van der Waals surface area contributed by atoms with E-state index in [1.165, 1.54) is 25.0 Å². The third-order valence-electron chi connectivity index (χ3n) is 2.29. The van der Waals surface area contributed by atoms with Gasteiger partial charge >= 0.3 is 0 Å². The van der Waals surface area contributed by atoms with Crippen LogP contribution in [0.3, 0.4) is 0 Å². The number of rotatable bonds is 2. The van der Waals surface area contributed by atoms with Crippen LogP contribution in [0, 0.1) is 0 Å². The molecule has 0 aliphatic carbocycles. The molecule has 0 unspecified atom stereocenters. The normalized spacial score (nSPS) is 11.1. The molecule has 1 aromatic heterocycles. The quantitative estimate of drug-likeness (QED) is 0.669. The maximum Gasteiger partial charge on any atom is 0.0401 e. The highest BCUT2D eigenvalue weighted by molar-refractivity contribution is 9.11. The van der Waals surface area contributed by atoms with Gasteiger partial charge in [0.25, 0.3) is 0 Å². The van der Waals surface area contributed by atoms with Gasteiger partial charge in [0.1, 0.15) is 0 Å². The van der Waals surface area contributed by atoms with Crippen molar-refractivity contribution in [2.75, 3.05) is 0 Å². The summed E-state index contributed by atoms with van der Waals surface area (Å²) in [6.45, 7) is 2.19. The lowest BCUT2D eigenvalue weighted by Gasteiger charge is -1.96. The van der Waals surface area contributed by atoms with Gasteiger partial charge < -0.3 is 0 Å². The van der Waals surface area contributed by atoms with E-state index < -0.39 is 0 Å². The first kappa shape index (κ1) is 10.7. The van der Waals surface area contributed by atoms with Crippen molar-refractivity contribution in [3.05, 3.63) is 33.1 Å². The third-order valence-corrected chi connectivity index (χ3v) is 5.56. The zero-order valence-electron chi connectivity index (χ0n) is 7.81. The van der Waals surface area contributed by atoms with Crippen molar-refractivity contribution in [3.63, 3.8) is 0 Å². The van der Waals surface area contributed by atoms with Crippen LogP contribution in [0.25, 0.3) is 10.1 Å². The minimum Gasteiger partial charge on any atom is -0.138 e. The van der Waals surface area contributed by atoms with Gasteiger partial charge in [0.15, 0.2) is 0 Å². The summed E-state index contributed by atoms with van der Waals surface area (Å²) in [4.78, 5) is 1.37. The van der Waals surface area contributed by atoms with Crippen molar-refractivity contribution in [1.29, 1.82) is 0 Å². The fourth-order valence-electron chi connectivity index (χ4n) is 1.47. The number of halogens is 2. The summed E-state index contributed by atoms with van der Waals surface area (Å²) in [5.41, 5.74) is 1.40. The molecule has 0 spiro atoms. The highest BCUT2D eigenvalue weighted by Crippen LogP contribution is 2.37. The molecule has 0 saturated carbocycles. The minimum absolute atomic E-state index is 0.925. The lowest BCUT2D eigenvalue weighted by Crippen LogP contribution is -1.77. The summed E-state index contributed by atoms with van der Waals surface area (Å²) in [7, 11) is 0. The molecule has 0 nitrogen and oxygen atoms in total. The Hall–Kier alpha value is 0.140. The summed E-state index contributed by atoms with van der Waals surface area (Å²) >= 11 is 9.01.